The van der Waals surface area contributed by atoms with Gasteiger partial charge in [-0.15, -0.1) is 0 Å². The summed E-state index contributed by atoms with van der Waals surface area (Å²) in [5.74, 6) is 0.353. The lowest BCUT2D eigenvalue weighted by molar-refractivity contribution is -0.100. The first kappa shape index (κ1) is 20.8. The van der Waals surface area contributed by atoms with Gasteiger partial charge in [0.05, 0.1) is 18.3 Å². The van der Waals surface area contributed by atoms with Crippen molar-refractivity contribution in [2.75, 3.05) is 6.26 Å². The number of fused-ring (bicyclic) bond motifs is 5. The summed E-state index contributed by atoms with van der Waals surface area (Å²) >= 11 is 6.67. The van der Waals surface area contributed by atoms with E-state index in [0.29, 0.717) is 23.1 Å². The molecule has 4 N–H and O–H groups in total. The number of thioether (sulfide) groups is 1. The first-order chi connectivity index (χ1) is 13.2. The summed E-state index contributed by atoms with van der Waals surface area (Å²) in [6.07, 6.45) is 7.50. The molecule has 0 amide bonds. The lowest BCUT2D eigenvalue weighted by Gasteiger charge is -2.58. The molecule has 3 saturated carbocycles. The van der Waals surface area contributed by atoms with Crippen molar-refractivity contribution < 1.29 is 15.3 Å². The zero-order chi connectivity index (χ0) is 20.3. The molecule has 0 aromatic heterocycles. The molecule has 5 unspecified atom stereocenters. The Hall–Kier alpha value is -0.470. The minimum absolute atomic E-state index is 0.00822. The number of hydrogen-bond acceptors (Lipinski definition) is 6. The van der Waals surface area contributed by atoms with Crippen molar-refractivity contribution in [1.82, 2.24) is 5.43 Å². The van der Waals surface area contributed by atoms with Gasteiger partial charge in [0.2, 0.25) is 0 Å². The predicted molar refractivity (Wildman–Crippen MR) is 117 cm³/mol. The molecule has 0 aromatic rings. The van der Waals surface area contributed by atoms with Gasteiger partial charge in [-0.3, -0.25) is 5.43 Å². The van der Waals surface area contributed by atoms with E-state index in [0.717, 1.165) is 31.4 Å². The van der Waals surface area contributed by atoms with Crippen molar-refractivity contribution in [1.29, 1.82) is 0 Å². The van der Waals surface area contributed by atoms with E-state index in [2.05, 4.69) is 24.4 Å². The molecule has 0 aliphatic heterocycles. The molecule has 0 radical (unpaired) electrons. The van der Waals surface area contributed by atoms with Crippen molar-refractivity contribution in [2.45, 2.75) is 70.7 Å². The molecule has 4 aliphatic carbocycles. The number of thiocarbonyl (C=S) groups is 1. The predicted octanol–water partition coefficient (Wildman–Crippen LogP) is 2.85. The van der Waals surface area contributed by atoms with Gasteiger partial charge in [0, 0.05) is 23.5 Å². The Morgan fingerprint density at radius 1 is 1.18 bits per heavy atom. The summed E-state index contributed by atoms with van der Waals surface area (Å²) in [5, 5.41) is 36.9. The molecule has 156 valence electrons. The second-order valence-electron chi connectivity index (χ2n) is 9.60. The maximum absolute atomic E-state index is 11.1. The zero-order valence-electron chi connectivity index (χ0n) is 16.9. The highest BCUT2D eigenvalue weighted by molar-refractivity contribution is 8.22. The summed E-state index contributed by atoms with van der Waals surface area (Å²) in [6.45, 7) is 4.51. The van der Waals surface area contributed by atoms with Gasteiger partial charge in [-0.25, -0.2) is 0 Å². The van der Waals surface area contributed by atoms with E-state index in [9.17, 15) is 15.3 Å². The van der Waals surface area contributed by atoms with Crippen LogP contribution >= 0.6 is 24.0 Å². The number of aliphatic hydroxyl groups excluding tert-OH is 3. The van der Waals surface area contributed by atoms with Crippen LogP contribution in [0.15, 0.2) is 16.8 Å². The van der Waals surface area contributed by atoms with Crippen LogP contribution in [0.4, 0.5) is 0 Å². The van der Waals surface area contributed by atoms with E-state index in [-0.39, 0.29) is 28.8 Å². The Kier molecular flexibility index (Phi) is 5.45. The number of nitrogens with one attached hydrogen (secondary N) is 1. The van der Waals surface area contributed by atoms with Crippen molar-refractivity contribution in [2.24, 2.45) is 33.7 Å². The molecule has 0 spiro atoms. The summed E-state index contributed by atoms with van der Waals surface area (Å²) in [5.41, 5.74) is 4.95. The highest BCUT2D eigenvalue weighted by Gasteiger charge is 2.62. The summed E-state index contributed by atoms with van der Waals surface area (Å²) in [4.78, 5) is 0. The van der Waals surface area contributed by atoms with Gasteiger partial charge in [-0.2, -0.15) is 5.10 Å². The van der Waals surface area contributed by atoms with E-state index in [1.165, 1.54) is 17.3 Å². The highest BCUT2D eigenvalue weighted by Crippen LogP contribution is 2.64. The molecule has 4 aliphatic rings. The molecule has 0 heterocycles. The summed E-state index contributed by atoms with van der Waals surface area (Å²) < 4.78 is 0.626. The molecule has 5 nitrogen and oxygen atoms in total. The van der Waals surface area contributed by atoms with E-state index in [4.69, 9.17) is 12.2 Å². The lowest BCUT2D eigenvalue weighted by atomic mass is 9.47. The maximum atomic E-state index is 11.1. The van der Waals surface area contributed by atoms with E-state index >= 15 is 0 Å². The Balaban J connectivity index is 1.68. The molecule has 0 aromatic carbocycles. The standard InChI is InChI=1S/C21H32N2O3S2/c1-20-6-4-12(24)8-11(20)9-14(25)17-13(20)5-7-21(2)16(10-15(26)18(17)21)22-23-19(27)28-3/h9,12-15,17-18,24-26H,4-8,10H2,1-3H3,(H,23,27)/b22-16+/t12?,13?,14-,15?,17?,18?,20+,21-/m1/s1. The molecule has 7 heteroatoms. The van der Waals surface area contributed by atoms with E-state index in [1.54, 1.807) is 0 Å². The molecule has 4 rings (SSSR count). The molecular weight excluding hydrogens is 392 g/mol. The van der Waals surface area contributed by atoms with Crippen molar-refractivity contribution >= 4 is 34.0 Å². The third-order valence-corrected chi connectivity index (χ3v) is 9.36. The maximum Gasteiger partial charge on any atom is 0.153 e. The Bertz CT molecular complexity index is 726. The summed E-state index contributed by atoms with van der Waals surface area (Å²) in [7, 11) is 0. The fourth-order valence-electron chi connectivity index (χ4n) is 6.81. The number of hydrogen-bond donors (Lipinski definition) is 4. The first-order valence-electron chi connectivity index (χ1n) is 10.4. The van der Waals surface area contributed by atoms with Crippen molar-refractivity contribution in [3.8, 4) is 0 Å². The minimum Gasteiger partial charge on any atom is -0.393 e. The molecule has 28 heavy (non-hydrogen) atoms. The molecule has 3 fully saturated rings. The third-order valence-electron chi connectivity index (χ3n) is 8.30. The topological polar surface area (TPSA) is 85.1 Å². The first-order valence-corrected chi connectivity index (χ1v) is 12.0. The van der Waals surface area contributed by atoms with Crippen LogP contribution in [0.5, 0.6) is 0 Å². The molecule has 0 bridgehead atoms. The number of rotatable bonds is 1. The van der Waals surface area contributed by atoms with Gasteiger partial charge in [0.1, 0.15) is 0 Å². The van der Waals surface area contributed by atoms with E-state index in [1.807, 2.05) is 12.3 Å². The number of nitrogens with zero attached hydrogens (tertiary/aromatic N) is 1. The van der Waals surface area contributed by atoms with Gasteiger partial charge in [-0.05, 0) is 55.6 Å². The van der Waals surface area contributed by atoms with Crippen LogP contribution in [0, 0.1) is 28.6 Å². The van der Waals surface area contributed by atoms with Crippen LogP contribution in [-0.4, -0.2) is 49.9 Å². The highest BCUT2D eigenvalue weighted by atomic mass is 32.2. The average Bonchev–Trinajstić information content (AvgIpc) is 2.91. The van der Waals surface area contributed by atoms with Crippen LogP contribution in [0.3, 0.4) is 0 Å². The van der Waals surface area contributed by atoms with E-state index < -0.39 is 12.2 Å². The smallest absolute Gasteiger partial charge is 0.153 e. The lowest BCUT2D eigenvalue weighted by Crippen LogP contribution is -2.56. The van der Waals surface area contributed by atoms with Crippen LogP contribution in [-0.2, 0) is 0 Å². The van der Waals surface area contributed by atoms with Crippen LogP contribution in [0.1, 0.15) is 52.4 Å². The Labute approximate surface area is 177 Å². The fourth-order valence-corrected chi connectivity index (χ4v) is 6.99. The largest absolute Gasteiger partial charge is 0.393 e. The van der Waals surface area contributed by atoms with Crippen LogP contribution in [0.2, 0.25) is 0 Å². The van der Waals surface area contributed by atoms with Gasteiger partial charge in [0.25, 0.3) is 0 Å². The minimum atomic E-state index is -0.572. The number of aliphatic hydroxyl groups is 3. The van der Waals surface area contributed by atoms with Crippen LogP contribution in [0.25, 0.3) is 0 Å². The second-order valence-corrected chi connectivity index (χ2v) is 11.1. The average molecular weight is 425 g/mol. The van der Waals surface area contributed by atoms with Gasteiger partial charge in [0.15, 0.2) is 4.32 Å². The summed E-state index contributed by atoms with van der Waals surface area (Å²) in [6, 6.07) is 0. The third kappa shape index (κ3) is 3.09. The molecular formula is C21H32N2O3S2. The van der Waals surface area contributed by atoms with Crippen LogP contribution < -0.4 is 5.43 Å². The quantitative estimate of drug-likeness (QED) is 0.294. The zero-order valence-corrected chi connectivity index (χ0v) is 18.5. The number of hydrazone groups is 1. The van der Waals surface area contributed by atoms with Crippen molar-refractivity contribution in [3.63, 3.8) is 0 Å². The fraction of sp³-hybridized carbons (Fsp3) is 0.810. The van der Waals surface area contributed by atoms with Gasteiger partial charge >= 0.3 is 0 Å². The second kappa shape index (κ2) is 7.34. The Morgan fingerprint density at radius 3 is 2.61 bits per heavy atom. The molecule has 8 atom stereocenters. The van der Waals surface area contributed by atoms with Gasteiger partial charge in [-0.1, -0.05) is 49.5 Å². The van der Waals surface area contributed by atoms with Gasteiger partial charge < -0.3 is 15.3 Å². The monoisotopic (exact) mass is 424 g/mol. The normalized spacial score (nSPS) is 49.1. The Morgan fingerprint density at radius 2 is 1.89 bits per heavy atom. The SMILES string of the molecule is CSC(=S)N/N=C1\CC(O)C2C3C(CC[C@]12C)[C@@]1(C)CCC(O)CC1=C[C@H]3O. The molecule has 0 saturated heterocycles. The van der Waals surface area contributed by atoms with Crippen molar-refractivity contribution in [3.05, 3.63) is 11.6 Å².